The number of nitrogens with one attached hydrogen (secondary N) is 1. The first-order valence-corrected chi connectivity index (χ1v) is 7.00. The molecule has 1 aliphatic heterocycles. The highest BCUT2D eigenvalue weighted by Gasteiger charge is 2.18. The Balaban J connectivity index is 1.91. The second kappa shape index (κ2) is 5.07. The molecule has 6 nitrogen and oxygen atoms in total. The van der Waals surface area contributed by atoms with E-state index in [1.54, 1.807) is 0 Å². The number of pyridine rings is 1. The van der Waals surface area contributed by atoms with Crippen molar-refractivity contribution in [3.8, 4) is 40.1 Å². The molecule has 0 amide bonds. The Labute approximate surface area is 132 Å². The second-order valence-corrected chi connectivity index (χ2v) is 5.08. The normalized spacial score (nSPS) is 12.1. The number of hydrogen-bond donors (Lipinski definition) is 2. The van der Waals surface area contributed by atoms with Crippen molar-refractivity contribution in [3.63, 3.8) is 0 Å². The van der Waals surface area contributed by atoms with E-state index in [-0.39, 0.29) is 12.6 Å². The fraction of sp³-hybridized carbons (Fsp3) is 0.0588. The van der Waals surface area contributed by atoms with Crippen LogP contribution in [0, 0.1) is 11.3 Å². The van der Waals surface area contributed by atoms with Crippen LogP contribution in [0.5, 0.6) is 11.5 Å². The van der Waals surface area contributed by atoms with Gasteiger partial charge in [-0.05, 0) is 35.9 Å². The molecule has 3 aromatic rings. The number of benzene rings is 1. The largest absolute Gasteiger partial charge is 0.454 e. The molecule has 4 rings (SSSR count). The number of nitrogen functional groups attached to an aromatic ring is 1. The van der Waals surface area contributed by atoms with Gasteiger partial charge in [0.15, 0.2) is 11.5 Å². The lowest BCUT2D eigenvalue weighted by molar-refractivity contribution is 0.174. The van der Waals surface area contributed by atoms with Gasteiger partial charge in [0.05, 0.1) is 11.4 Å². The summed E-state index contributed by atoms with van der Waals surface area (Å²) in [6.07, 6.45) is 1.81. The molecule has 112 valence electrons. The van der Waals surface area contributed by atoms with E-state index < -0.39 is 0 Å². The molecule has 2 aromatic heterocycles. The first-order valence-electron chi connectivity index (χ1n) is 7.00. The van der Waals surface area contributed by atoms with Crippen LogP contribution >= 0.6 is 0 Å². The lowest BCUT2D eigenvalue weighted by atomic mass is 9.99. The van der Waals surface area contributed by atoms with Gasteiger partial charge >= 0.3 is 0 Å². The number of aromatic nitrogens is 2. The average Bonchev–Trinajstić information content (AvgIpc) is 3.24. The van der Waals surface area contributed by atoms with Crippen LogP contribution in [0.15, 0.2) is 42.6 Å². The molecule has 0 atom stereocenters. The molecule has 0 fully saturated rings. The monoisotopic (exact) mass is 304 g/mol. The molecule has 0 spiro atoms. The number of nitrogens with zero attached hydrogens (tertiary/aromatic N) is 2. The zero-order chi connectivity index (χ0) is 15.8. The fourth-order valence-corrected chi connectivity index (χ4v) is 2.60. The van der Waals surface area contributed by atoms with Crippen LogP contribution in [0.25, 0.3) is 22.5 Å². The van der Waals surface area contributed by atoms with Gasteiger partial charge in [0.2, 0.25) is 6.79 Å². The standard InChI is InChI=1S/C17H12N4O2/c18-8-12-11(10-3-4-15-16(6-10)23-9-22-15)7-14(21-17(12)19)13-2-1-5-20-13/h1-7,20H,9H2,(H2,19,21). The van der Waals surface area contributed by atoms with Crippen molar-refractivity contribution in [3.05, 3.63) is 48.2 Å². The van der Waals surface area contributed by atoms with Gasteiger partial charge in [-0.15, -0.1) is 0 Å². The summed E-state index contributed by atoms with van der Waals surface area (Å²) in [7, 11) is 0. The number of aromatic amines is 1. The number of fused-ring (bicyclic) bond motifs is 1. The van der Waals surface area contributed by atoms with E-state index in [1.807, 2.05) is 42.6 Å². The van der Waals surface area contributed by atoms with Gasteiger partial charge in [0.25, 0.3) is 0 Å². The molecule has 6 heteroatoms. The van der Waals surface area contributed by atoms with Crippen molar-refractivity contribution < 1.29 is 9.47 Å². The van der Waals surface area contributed by atoms with Crippen molar-refractivity contribution in [1.29, 1.82) is 5.26 Å². The van der Waals surface area contributed by atoms with E-state index in [4.69, 9.17) is 15.2 Å². The predicted molar refractivity (Wildman–Crippen MR) is 84.7 cm³/mol. The minimum atomic E-state index is 0.201. The average molecular weight is 304 g/mol. The molecule has 3 N–H and O–H groups in total. The smallest absolute Gasteiger partial charge is 0.231 e. The maximum atomic E-state index is 9.44. The van der Waals surface area contributed by atoms with Crippen LogP contribution in [0.2, 0.25) is 0 Å². The molecule has 1 aromatic carbocycles. The van der Waals surface area contributed by atoms with Crippen molar-refractivity contribution >= 4 is 5.82 Å². The maximum Gasteiger partial charge on any atom is 0.231 e. The molecule has 0 unspecified atom stereocenters. The predicted octanol–water partition coefficient (Wildman–Crippen LogP) is 2.93. The Morgan fingerprint density at radius 1 is 1.17 bits per heavy atom. The van der Waals surface area contributed by atoms with Crippen LogP contribution in [-0.2, 0) is 0 Å². The quantitative estimate of drug-likeness (QED) is 0.758. The first-order chi connectivity index (χ1) is 11.3. The third-order valence-corrected chi connectivity index (χ3v) is 3.72. The Bertz CT molecular complexity index is 927. The highest BCUT2D eigenvalue weighted by Crippen LogP contribution is 2.38. The highest BCUT2D eigenvalue weighted by atomic mass is 16.7. The van der Waals surface area contributed by atoms with E-state index in [0.717, 1.165) is 11.3 Å². The summed E-state index contributed by atoms with van der Waals surface area (Å²) in [4.78, 5) is 7.41. The molecule has 1 aliphatic rings. The van der Waals surface area contributed by atoms with E-state index in [0.29, 0.717) is 28.3 Å². The Kier molecular flexibility index (Phi) is 2.91. The molecule has 0 bridgehead atoms. The second-order valence-electron chi connectivity index (χ2n) is 5.08. The van der Waals surface area contributed by atoms with E-state index in [9.17, 15) is 5.26 Å². The number of anilines is 1. The van der Waals surface area contributed by atoms with E-state index in [2.05, 4.69) is 16.0 Å². The lowest BCUT2D eigenvalue weighted by Gasteiger charge is -2.10. The Morgan fingerprint density at radius 3 is 2.83 bits per heavy atom. The summed E-state index contributed by atoms with van der Waals surface area (Å²) >= 11 is 0. The summed E-state index contributed by atoms with van der Waals surface area (Å²) < 4.78 is 10.7. The zero-order valence-corrected chi connectivity index (χ0v) is 12.0. The topological polar surface area (TPSA) is 97.0 Å². The zero-order valence-electron chi connectivity index (χ0n) is 12.0. The van der Waals surface area contributed by atoms with Crippen LogP contribution in [0.3, 0.4) is 0 Å². The number of nitriles is 1. The third-order valence-electron chi connectivity index (χ3n) is 3.72. The molecular weight excluding hydrogens is 292 g/mol. The summed E-state index contributed by atoms with van der Waals surface area (Å²) in [5.74, 6) is 1.55. The van der Waals surface area contributed by atoms with Crippen molar-refractivity contribution in [2.75, 3.05) is 12.5 Å². The number of hydrogen-bond acceptors (Lipinski definition) is 5. The Hall–Kier alpha value is -3.46. The molecular formula is C17H12N4O2. The van der Waals surface area contributed by atoms with Gasteiger partial charge in [-0.2, -0.15) is 5.26 Å². The molecule has 0 saturated carbocycles. The number of rotatable bonds is 2. The van der Waals surface area contributed by atoms with E-state index >= 15 is 0 Å². The maximum absolute atomic E-state index is 9.44. The Morgan fingerprint density at radius 2 is 2.04 bits per heavy atom. The van der Waals surface area contributed by atoms with E-state index in [1.165, 1.54) is 0 Å². The van der Waals surface area contributed by atoms with Crippen molar-refractivity contribution in [2.24, 2.45) is 0 Å². The van der Waals surface area contributed by atoms with Gasteiger partial charge in [0.1, 0.15) is 17.5 Å². The van der Waals surface area contributed by atoms with Gasteiger partial charge < -0.3 is 20.2 Å². The van der Waals surface area contributed by atoms with Crippen LogP contribution in [0.1, 0.15) is 5.56 Å². The van der Waals surface area contributed by atoms with Crippen LogP contribution in [0.4, 0.5) is 5.82 Å². The SMILES string of the molecule is N#Cc1c(-c2ccc3c(c2)OCO3)cc(-c2ccc[nH]2)nc1N. The minimum Gasteiger partial charge on any atom is -0.454 e. The highest BCUT2D eigenvalue weighted by molar-refractivity contribution is 5.80. The summed E-state index contributed by atoms with van der Waals surface area (Å²) in [5, 5.41) is 9.44. The van der Waals surface area contributed by atoms with Crippen LogP contribution in [-0.4, -0.2) is 16.8 Å². The summed E-state index contributed by atoms with van der Waals surface area (Å²) in [6.45, 7) is 0.204. The van der Waals surface area contributed by atoms with Crippen molar-refractivity contribution in [2.45, 2.75) is 0 Å². The van der Waals surface area contributed by atoms with Gasteiger partial charge in [-0.1, -0.05) is 6.07 Å². The number of nitrogens with two attached hydrogens (primary N) is 1. The van der Waals surface area contributed by atoms with Crippen molar-refractivity contribution in [1.82, 2.24) is 9.97 Å². The van der Waals surface area contributed by atoms with Gasteiger partial charge in [-0.25, -0.2) is 4.98 Å². The molecule has 23 heavy (non-hydrogen) atoms. The number of ether oxygens (including phenoxy) is 2. The summed E-state index contributed by atoms with van der Waals surface area (Å²) in [6, 6.07) is 13.3. The molecule has 0 aliphatic carbocycles. The fourth-order valence-electron chi connectivity index (χ4n) is 2.60. The number of H-pyrrole nitrogens is 1. The molecule has 0 radical (unpaired) electrons. The molecule has 0 saturated heterocycles. The van der Waals surface area contributed by atoms with Gasteiger partial charge in [-0.3, -0.25) is 0 Å². The van der Waals surface area contributed by atoms with Gasteiger partial charge in [0, 0.05) is 11.8 Å². The summed E-state index contributed by atoms with van der Waals surface area (Å²) in [5.41, 5.74) is 9.39. The lowest BCUT2D eigenvalue weighted by Crippen LogP contribution is -2.00. The first kappa shape index (κ1) is 13.2. The van der Waals surface area contributed by atoms with Crippen LogP contribution < -0.4 is 15.2 Å². The minimum absolute atomic E-state index is 0.201. The molecule has 3 heterocycles. The third kappa shape index (κ3) is 2.15.